The molecule has 5 nitrogen and oxygen atoms in total. The number of rotatable bonds is 5. The Hall–Kier alpha value is -0.950. The van der Waals surface area contributed by atoms with Crippen LogP contribution in [0.3, 0.4) is 0 Å². The fourth-order valence-electron chi connectivity index (χ4n) is 1.02. The van der Waals surface area contributed by atoms with Crippen LogP contribution in [0.5, 0.6) is 0 Å². The van der Waals surface area contributed by atoms with Gasteiger partial charge in [-0.25, -0.2) is 0 Å². The Bertz CT molecular complexity index is 392. The summed E-state index contributed by atoms with van der Waals surface area (Å²) in [6, 6.07) is 2.81. The van der Waals surface area contributed by atoms with Gasteiger partial charge in [0.05, 0.1) is 9.80 Å². The van der Waals surface area contributed by atoms with Gasteiger partial charge < -0.3 is 5.32 Å². The van der Waals surface area contributed by atoms with Crippen molar-refractivity contribution < 1.29 is 9.72 Å². The molecule has 88 valence electrons. The number of alkyl halides is 1. The largest absolute Gasteiger partial charge is 0.351 e. The van der Waals surface area contributed by atoms with E-state index >= 15 is 0 Å². The predicted octanol–water partition coefficient (Wildman–Crippen LogP) is 2.56. The molecule has 1 atom stereocenters. The number of hydrogen-bond donors (Lipinski definition) is 1. The van der Waals surface area contributed by atoms with Gasteiger partial charge in [-0.1, -0.05) is 34.2 Å². The first-order valence-corrected chi connectivity index (χ1v) is 6.40. The van der Waals surface area contributed by atoms with Crippen molar-refractivity contribution in [3.63, 3.8) is 0 Å². The molecule has 0 spiro atoms. The van der Waals surface area contributed by atoms with Crippen molar-refractivity contribution in [1.82, 2.24) is 5.32 Å². The summed E-state index contributed by atoms with van der Waals surface area (Å²) in [5.74, 6) is -0.258. The lowest BCUT2D eigenvalue weighted by Crippen LogP contribution is -2.24. The highest BCUT2D eigenvalue weighted by atomic mass is 79.9. The Kier molecular flexibility index (Phi) is 4.88. The second-order valence-corrected chi connectivity index (χ2v) is 5.85. The number of hydrogen-bond acceptors (Lipinski definition) is 4. The Morgan fingerprint density at radius 1 is 1.69 bits per heavy atom. The van der Waals surface area contributed by atoms with Crippen molar-refractivity contribution in [3.8, 4) is 0 Å². The van der Waals surface area contributed by atoms with Gasteiger partial charge in [0.15, 0.2) is 0 Å². The molecule has 1 heterocycles. The number of nitrogens with zero attached hydrogens (tertiary/aromatic N) is 1. The van der Waals surface area contributed by atoms with Crippen LogP contribution in [0.1, 0.15) is 23.0 Å². The minimum absolute atomic E-state index is 0.0148. The van der Waals surface area contributed by atoms with Crippen molar-refractivity contribution in [3.05, 3.63) is 27.1 Å². The fraction of sp³-hybridized carbons (Fsp3) is 0.444. The third-order valence-corrected chi connectivity index (χ3v) is 3.32. The molecule has 0 saturated heterocycles. The lowest BCUT2D eigenvalue weighted by atomic mass is 10.3. The summed E-state index contributed by atoms with van der Waals surface area (Å²) in [7, 11) is 0. The van der Waals surface area contributed by atoms with E-state index in [2.05, 4.69) is 21.2 Å². The molecule has 0 saturated carbocycles. The number of nitrogens with one attached hydrogen (secondary N) is 1. The standard InChI is InChI=1S/C9H11BrN2O3S/c1-6(10)4-5-11-9(13)7-2-3-8(16-7)12(14)15/h2-3,6H,4-5H2,1H3,(H,11,13). The van der Waals surface area contributed by atoms with Gasteiger partial charge >= 0.3 is 5.00 Å². The van der Waals surface area contributed by atoms with E-state index in [1.807, 2.05) is 6.92 Å². The molecule has 0 radical (unpaired) electrons. The first-order valence-electron chi connectivity index (χ1n) is 4.67. The van der Waals surface area contributed by atoms with Crippen molar-refractivity contribution in [2.24, 2.45) is 0 Å². The van der Waals surface area contributed by atoms with Gasteiger partial charge in [-0.05, 0) is 12.5 Å². The molecular formula is C9H11BrN2O3S. The van der Waals surface area contributed by atoms with Gasteiger partial charge in [0.2, 0.25) is 0 Å². The predicted molar refractivity (Wildman–Crippen MR) is 66.3 cm³/mol. The lowest BCUT2D eigenvalue weighted by molar-refractivity contribution is -0.380. The minimum atomic E-state index is -0.498. The highest BCUT2D eigenvalue weighted by Crippen LogP contribution is 2.23. The van der Waals surface area contributed by atoms with Gasteiger partial charge in [-0.2, -0.15) is 0 Å². The second kappa shape index (κ2) is 5.95. The van der Waals surface area contributed by atoms with E-state index in [0.717, 1.165) is 17.8 Å². The maximum Gasteiger partial charge on any atom is 0.324 e. The number of thiophene rings is 1. The molecule has 1 aromatic rings. The highest BCUT2D eigenvalue weighted by molar-refractivity contribution is 9.09. The van der Waals surface area contributed by atoms with Gasteiger partial charge in [-0.15, -0.1) is 0 Å². The molecule has 0 fully saturated rings. The Balaban J connectivity index is 2.50. The fourth-order valence-corrected chi connectivity index (χ4v) is 1.99. The summed E-state index contributed by atoms with van der Waals surface area (Å²) in [6.45, 7) is 2.54. The normalized spacial score (nSPS) is 12.1. The monoisotopic (exact) mass is 306 g/mol. The van der Waals surface area contributed by atoms with Gasteiger partial charge in [0.1, 0.15) is 0 Å². The number of carbonyl (C=O) groups is 1. The topological polar surface area (TPSA) is 72.2 Å². The summed E-state index contributed by atoms with van der Waals surface area (Å²) in [4.78, 5) is 22.2. The smallest absolute Gasteiger partial charge is 0.324 e. The Labute approximate surface area is 105 Å². The molecule has 0 bridgehead atoms. The summed E-state index contributed by atoms with van der Waals surface area (Å²) in [5.41, 5.74) is 0. The lowest BCUT2D eigenvalue weighted by Gasteiger charge is -2.04. The van der Waals surface area contributed by atoms with Crippen LogP contribution < -0.4 is 5.32 Å². The van der Waals surface area contributed by atoms with Crippen molar-refractivity contribution in [1.29, 1.82) is 0 Å². The third kappa shape index (κ3) is 3.90. The molecule has 1 N–H and O–H groups in total. The van der Waals surface area contributed by atoms with Gasteiger partial charge in [0.25, 0.3) is 5.91 Å². The van der Waals surface area contributed by atoms with Crippen molar-refractivity contribution in [2.75, 3.05) is 6.54 Å². The molecular weight excluding hydrogens is 296 g/mol. The third-order valence-electron chi connectivity index (χ3n) is 1.82. The minimum Gasteiger partial charge on any atom is -0.351 e. The van der Waals surface area contributed by atoms with E-state index in [1.165, 1.54) is 12.1 Å². The van der Waals surface area contributed by atoms with Crippen LogP contribution in [0.2, 0.25) is 0 Å². The number of nitro groups is 1. The molecule has 7 heteroatoms. The molecule has 0 aliphatic rings. The van der Waals surface area contributed by atoms with Gasteiger partial charge in [-0.3, -0.25) is 14.9 Å². The maximum absolute atomic E-state index is 11.5. The molecule has 1 aromatic heterocycles. The Morgan fingerprint density at radius 3 is 2.88 bits per heavy atom. The summed E-state index contributed by atoms with van der Waals surface area (Å²) < 4.78 is 0. The molecule has 0 aliphatic heterocycles. The van der Waals surface area contributed by atoms with Crippen molar-refractivity contribution >= 4 is 38.2 Å². The summed E-state index contributed by atoms with van der Waals surface area (Å²) in [5, 5.41) is 13.1. The quantitative estimate of drug-likeness (QED) is 0.516. The Morgan fingerprint density at radius 2 is 2.38 bits per heavy atom. The molecule has 1 rings (SSSR count). The van der Waals surface area contributed by atoms with Crippen LogP contribution in [0, 0.1) is 10.1 Å². The zero-order valence-electron chi connectivity index (χ0n) is 8.60. The van der Waals surface area contributed by atoms with E-state index in [-0.39, 0.29) is 10.9 Å². The molecule has 16 heavy (non-hydrogen) atoms. The highest BCUT2D eigenvalue weighted by Gasteiger charge is 2.14. The number of carbonyl (C=O) groups excluding carboxylic acids is 1. The maximum atomic E-state index is 11.5. The average Bonchev–Trinajstić information content (AvgIpc) is 2.65. The first-order chi connectivity index (χ1) is 7.50. The number of halogens is 1. The molecule has 1 amide bonds. The van der Waals surface area contributed by atoms with E-state index in [1.54, 1.807) is 0 Å². The summed E-state index contributed by atoms with van der Waals surface area (Å²) >= 11 is 4.25. The van der Waals surface area contributed by atoms with E-state index in [4.69, 9.17) is 0 Å². The van der Waals surface area contributed by atoms with Crippen LogP contribution in [-0.2, 0) is 0 Å². The molecule has 0 aliphatic carbocycles. The van der Waals surface area contributed by atoms with Crippen molar-refractivity contribution in [2.45, 2.75) is 18.2 Å². The average molecular weight is 307 g/mol. The van der Waals surface area contributed by atoms with E-state index in [0.29, 0.717) is 16.2 Å². The first kappa shape index (κ1) is 13.1. The SMILES string of the molecule is CC(Br)CCNC(=O)c1ccc([N+](=O)[O-])s1. The second-order valence-electron chi connectivity index (χ2n) is 3.22. The molecule has 1 unspecified atom stereocenters. The van der Waals surface area contributed by atoms with Gasteiger partial charge in [0, 0.05) is 17.4 Å². The number of amides is 1. The van der Waals surface area contributed by atoms with Crippen LogP contribution in [-0.4, -0.2) is 22.2 Å². The summed E-state index contributed by atoms with van der Waals surface area (Å²) in [6.07, 6.45) is 0.819. The van der Waals surface area contributed by atoms with Crippen LogP contribution in [0.25, 0.3) is 0 Å². The van der Waals surface area contributed by atoms with E-state index in [9.17, 15) is 14.9 Å². The van der Waals surface area contributed by atoms with Crippen LogP contribution >= 0.6 is 27.3 Å². The molecule has 0 aromatic carbocycles. The zero-order valence-corrected chi connectivity index (χ0v) is 11.0. The van der Waals surface area contributed by atoms with Crippen LogP contribution in [0.4, 0.5) is 5.00 Å². The van der Waals surface area contributed by atoms with Crippen LogP contribution in [0.15, 0.2) is 12.1 Å². The van der Waals surface area contributed by atoms with E-state index < -0.39 is 4.92 Å². The zero-order chi connectivity index (χ0) is 12.1.